The topological polar surface area (TPSA) is 28.7 Å². The molecular weight excluding hydrogens is 737 g/mol. The second-order valence-electron chi connectivity index (χ2n) is 16.4. The van der Waals surface area contributed by atoms with Gasteiger partial charge in [0.1, 0.15) is 0 Å². The van der Waals surface area contributed by atoms with Gasteiger partial charge < -0.3 is 4.57 Å². The molecule has 12 aromatic carbocycles. The molecule has 0 saturated carbocycles. The molecule has 0 bridgehead atoms. The molecule has 1 heterocycles. The molecule has 13 rings (SSSR count). The first kappa shape index (κ1) is 33.7. The van der Waals surface area contributed by atoms with E-state index in [2.05, 4.69) is 199 Å². The summed E-state index contributed by atoms with van der Waals surface area (Å²) >= 11 is 0. The van der Waals surface area contributed by atoms with E-state index in [9.17, 15) is 5.26 Å². The minimum atomic E-state index is 0.667. The summed E-state index contributed by atoms with van der Waals surface area (Å²) in [5.41, 5.74) is 11.3. The van der Waals surface area contributed by atoms with Crippen LogP contribution >= 0.6 is 0 Å². The smallest absolute Gasteiger partial charge is 0.0992 e. The third-order valence-electron chi connectivity index (χ3n) is 13.1. The van der Waals surface area contributed by atoms with Crippen LogP contribution in [0, 0.1) is 11.3 Å². The average molecular weight is 771 g/mol. The molecular formula is C59H34N2. The highest BCUT2D eigenvalue weighted by molar-refractivity contribution is 6.26. The predicted molar refractivity (Wildman–Crippen MR) is 258 cm³/mol. The van der Waals surface area contributed by atoms with Crippen molar-refractivity contribution >= 4 is 86.4 Å². The highest BCUT2D eigenvalue weighted by Crippen LogP contribution is 2.45. The maximum absolute atomic E-state index is 9.95. The number of para-hydroxylation sites is 1. The number of fused-ring (bicyclic) bond motifs is 7. The molecule has 0 aliphatic heterocycles. The summed E-state index contributed by atoms with van der Waals surface area (Å²) in [6, 6.07) is 77.8. The van der Waals surface area contributed by atoms with Crippen LogP contribution in [0.5, 0.6) is 0 Å². The third-order valence-corrected chi connectivity index (χ3v) is 13.1. The highest BCUT2D eigenvalue weighted by Gasteiger charge is 2.20. The van der Waals surface area contributed by atoms with E-state index in [1.165, 1.54) is 97.8 Å². The summed E-state index contributed by atoms with van der Waals surface area (Å²) in [5.74, 6) is 0. The molecule has 13 aromatic rings. The first-order valence-electron chi connectivity index (χ1n) is 20.9. The van der Waals surface area contributed by atoms with Crippen molar-refractivity contribution in [3.63, 3.8) is 0 Å². The van der Waals surface area contributed by atoms with Crippen LogP contribution in [-0.2, 0) is 0 Å². The minimum absolute atomic E-state index is 0.667. The van der Waals surface area contributed by atoms with E-state index in [1.807, 2.05) is 18.2 Å². The molecule has 0 spiro atoms. The summed E-state index contributed by atoms with van der Waals surface area (Å²) in [6.45, 7) is 0. The number of hydrogen-bond donors (Lipinski definition) is 0. The SMILES string of the molecule is N#Cc1cc2ccc3cc(-c4ccc5cc(-c6cc7c8ccccc8c(-c8cccc9ccccc89)cc7c7ccccc67)ccc5c4)cc4c3c2c(c1)n4-c1ccccc1. The molecule has 2 heteroatoms. The van der Waals surface area contributed by atoms with Crippen molar-refractivity contribution in [2.45, 2.75) is 0 Å². The van der Waals surface area contributed by atoms with Crippen LogP contribution in [-0.4, -0.2) is 4.57 Å². The van der Waals surface area contributed by atoms with Gasteiger partial charge in [-0.05, 0) is 159 Å². The van der Waals surface area contributed by atoms with Gasteiger partial charge in [-0.25, -0.2) is 0 Å². The average Bonchev–Trinajstić information content (AvgIpc) is 3.67. The molecule has 2 nitrogen and oxygen atoms in total. The van der Waals surface area contributed by atoms with Gasteiger partial charge in [0.05, 0.1) is 22.7 Å². The molecule has 0 saturated heterocycles. The number of nitrogens with zero attached hydrogens (tertiary/aromatic N) is 2. The maximum atomic E-state index is 9.95. The Labute approximate surface area is 351 Å². The summed E-state index contributed by atoms with van der Waals surface area (Å²) in [7, 11) is 0. The summed E-state index contributed by atoms with van der Waals surface area (Å²) in [4.78, 5) is 0. The summed E-state index contributed by atoms with van der Waals surface area (Å²) in [5, 5.41) is 27.2. The van der Waals surface area contributed by atoms with Crippen molar-refractivity contribution in [3.8, 4) is 45.1 Å². The number of rotatable bonds is 4. The fourth-order valence-corrected chi connectivity index (χ4v) is 10.3. The van der Waals surface area contributed by atoms with Gasteiger partial charge in [0, 0.05) is 16.5 Å². The van der Waals surface area contributed by atoms with Crippen LogP contribution in [0.15, 0.2) is 206 Å². The van der Waals surface area contributed by atoms with Crippen LogP contribution in [0.3, 0.4) is 0 Å². The van der Waals surface area contributed by atoms with Crippen LogP contribution in [0.2, 0.25) is 0 Å². The molecule has 0 atom stereocenters. The van der Waals surface area contributed by atoms with Gasteiger partial charge in [0.2, 0.25) is 0 Å². The van der Waals surface area contributed by atoms with Crippen LogP contribution < -0.4 is 0 Å². The van der Waals surface area contributed by atoms with E-state index >= 15 is 0 Å². The Hall–Kier alpha value is -8.25. The number of hydrogen-bond acceptors (Lipinski definition) is 1. The number of nitriles is 1. The lowest BCUT2D eigenvalue weighted by Gasteiger charge is -2.17. The van der Waals surface area contributed by atoms with Gasteiger partial charge in [-0.1, -0.05) is 146 Å². The monoisotopic (exact) mass is 770 g/mol. The zero-order valence-electron chi connectivity index (χ0n) is 33.0. The highest BCUT2D eigenvalue weighted by atomic mass is 15.0. The van der Waals surface area contributed by atoms with E-state index in [-0.39, 0.29) is 0 Å². The van der Waals surface area contributed by atoms with Crippen molar-refractivity contribution < 1.29 is 0 Å². The number of benzene rings is 12. The lowest BCUT2D eigenvalue weighted by molar-refractivity contribution is 1.18. The van der Waals surface area contributed by atoms with Gasteiger partial charge in [-0.2, -0.15) is 5.26 Å². The van der Waals surface area contributed by atoms with Crippen molar-refractivity contribution in [2.75, 3.05) is 0 Å². The van der Waals surface area contributed by atoms with Crippen molar-refractivity contribution in [1.29, 1.82) is 5.26 Å². The molecule has 0 fully saturated rings. The molecule has 0 amide bonds. The molecule has 0 aliphatic rings. The molecule has 0 N–H and O–H groups in total. The Kier molecular flexibility index (Phi) is 7.11. The van der Waals surface area contributed by atoms with Gasteiger partial charge in [-0.3, -0.25) is 0 Å². The maximum Gasteiger partial charge on any atom is 0.0992 e. The third kappa shape index (κ3) is 5.02. The molecule has 0 aliphatic carbocycles. The van der Waals surface area contributed by atoms with Crippen molar-refractivity contribution in [2.24, 2.45) is 0 Å². The molecule has 0 unspecified atom stereocenters. The minimum Gasteiger partial charge on any atom is -0.309 e. The Morgan fingerprint density at radius 3 is 1.59 bits per heavy atom. The predicted octanol–water partition coefficient (Wildman–Crippen LogP) is 16.0. The van der Waals surface area contributed by atoms with Gasteiger partial charge in [0.25, 0.3) is 0 Å². The first-order chi connectivity index (χ1) is 30.2. The molecule has 1 aromatic heterocycles. The van der Waals surface area contributed by atoms with Crippen LogP contribution in [0.4, 0.5) is 0 Å². The molecule has 280 valence electrons. The largest absolute Gasteiger partial charge is 0.309 e. The standard InChI is InChI=1S/C59H34N2/c60-35-36-27-42-25-26-43-31-44(32-57-59(43)58(42)56(28-36)61(57)45-13-2-1-3-14-45)40-22-21-39-30-41(24-23-38(39)29-40)52-33-54-51-19-9-8-18-50(51)53(34-55(54)49-17-7-6-16-48(49)52)47-20-10-12-37-11-4-5-15-46(37)47/h1-34H. The lowest BCUT2D eigenvalue weighted by Crippen LogP contribution is -1.94. The fraction of sp³-hybridized carbons (Fsp3) is 0. The van der Waals surface area contributed by atoms with E-state index in [0.717, 1.165) is 27.7 Å². The Morgan fingerprint density at radius 2 is 0.852 bits per heavy atom. The quantitative estimate of drug-likeness (QED) is 0.164. The molecule has 61 heavy (non-hydrogen) atoms. The normalized spacial score (nSPS) is 11.9. The van der Waals surface area contributed by atoms with E-state index < -0.39 is 0 Å². The summed E-state index contributed by atoms with van der Waals surface area (Å²) in [6.07, 6.45) is 0. The Bertz CT molecular complexity index is 3990. The van der Waals surface area contributed by atoms with Gasteiger partial charge >= 0.3 is 0 Å². The Balaban J connectivity index is 0.972. The zero-order valence-corrected chi connectivity index (χ0v) is 33.0. The van der Waals surface area contributed by atoms with E-state index in [0.29, 0.717) is 5.56 Å². The second kappa shape index (κ2) is 12.9. The molecule has 0 radical (unpaired) electrons. The zero-order chi connectivity index (χ0) is 40.2. The van der Waals surface area contributed by atoms with Crippen LogP contribution in [0.1, 0.15) is 5.56 Å². The van der Waals surface area contributed by atoms with Crippen molar-refractivity contribution in [3.05, 3.63) is 212 Å². The summed E-state index contributed by atoms with van der Waals surface area (Å²) < 4.78 is 2.32. The van der Waals surface area contributed by atoms with Gasteiger partial charge in [0.15, 0.2) is 0 Å². The van der Waals surface area contributed by atoms with Crippen LogP contribution in [0.25, 0.3) is 126 Å². The van der Waals surface area contributed by atoms with Gasteiger partial charge in [-0.15, -0.1) is 0 Å². The van der Waals surface area contributed by atoms with Crippen molar-refractivity contribution in [1.82, 2.24) is 4.57 Å². The fourth-order valence-electron chi connectivity index (χ4n) is 10.3. The Morgan fingerprint density at radius 1 is 0.311 bits per heavy atom. The van der Waals surface area contributed by atoms with E-state index in [1.54, 1.807) is 0 Å². The lowest BCUT2D eigenvalue weighted by atomic mass is 9.86. The first-order valence-corrected chi connectivity index (χ1v) is 20.9. The number of aromatic nitrogens is 1. The second-order valence-corrected chi connectivity index (χ2v) is 16.4. The van der Waals surface area contributed by atoms with E-state index in [4.69, 9.17) is 0 Å².